The molecule has 0 saturated carbocycles. The number of nitrogens with one attached hydrogen (secondary N) is 1. The van der Waals surface area contributed by atoms with Crippen molar-refractivity contribution in [1.82, 2.24) is 10.3 Å². The molecule has 1 heterocycles. The molecule has 94 valence electrons. The van der Waals surface area contributed by atoms with E-state index in [0.717, 1.165) is 29.8 Å². The van der Waals surface area contributed by atoms with Crippen LogP contribution in [-0.2, 0) is 13.0 Å². The first kappa shape index (κ1) is 13.2. The number of aromatic nitrogens is 1. The van der Waals surface area contributed by atoms with Crippen molar-refractivity contribution < 1.29 is 0 Å². The molecule has 2 aromatic rings. The van der Waals surface area contributed by atoms with Crippen LogP contribution < -0.4 is 5.32 Å². The second-order valence-corrected chi connectivity index (χ2v) is 5.12. The third kappa shape index (κ3) is 3.93. The lowest BCUT2D eigenvalue weighted by Crippen LogP contribution is -2.17. The van der Waals surface area contributed by atoms with Crippen molar-refractivity contribution in [3.8, 4) is 0 Å². The molecule has 0 atom stereocenters. The molecule has 1 N–H and O–H groups in total. The zero-order valence-electron chi connectivity index (χ0n) is 10.5. The molecule has 0 spiro atoms. The maximum absolute atomic E-state index is 4.39. The van der Waals surface area contributed by atoms with Gasteiger partial charge < -0.3 is 5.32 Å². The molecular formula is C15H17BrN2. The summed E-state index contributed by atoms with van der Waals surface area (Å²) in [5, 5.41) is 3.42. The molecule has 0 amide bonds. The zero-order valence-corrected chi connectivity index (χ0v) is 12.1. The van der Waals surface area contributed by atoms with Crippen LogP contribution in [-0.4, -0.2) is 11.5 Å². The van der Waals surface area contributed by atoms with Crippen molar-refractivity contribution in [2.45, 2.75) is 19.9 Å². The van der Waals surface area contributed by atoms with Crippen molar-refractivity contribution in [3.05, 3.63) is 63.9 Å². The average Bonchev–Trinajstić information content (AvgIpc) is 2.37. The molecule has 0 radical (unpaired) electrons. The Bertz CT molecular complexity index is 511. The van der Waals surface area contributed by atoms with Gasteiger partial charge in [-0.1, -0.05) is 30.3 Å². The fourth-order valence-corrected chi connectivity index (χ4v) is 2.26. The predicted molar refractivity (Wildman–Crippen MR) is 78.5 cm³/mol. The Morgan fingerprint density at radius 2 is 1.94 bits per heavy atom. The fourth-order valence-electron chi connectivity index (χ4n) is 1.88. The number of pyridine rings is 1. The molecule has 18 heavy (non-hydrogen) atoms. The summed E-state index contributed by atoms with van der Waals surface area (Å²) in [7, 11) is 0. The summed E-state index contributed by atoms with van der Waals surface area (Å²) in [6.07, 6.45) is 1.06. The largest absolute Gasteiger partial charge is 0.311 e. The monoisotopic (exact) mass is 304 g/mol. The van der Waals surface area contributed by atoms with E-state index in [1.54, 1.807) is 0 Å². The lowest BCUT2D eigenvalue weighted by atomic mass is 10.1. The molecule has 0 saturated heterocycles. The fraction of sp³-hybridized carbons (Fsp3) is 0.267. The van der Waals surface area contributed by atoms with Crippen LogP contribution in [0.4, 0.5) is 0 Å². The van der Waals surface area contributed by atoms with Crippen molar-refractivity contribution in [2.75, 3.05) is 6.54 Å². The number of hydrogen-bond donors (Lipinski definition) is 1. The van der Waals surface area contributed by atoms with E-state index < -0.39 is 0 Å². The second-order valence-electron chi connectivity index (χ2n) is 4.30. The van der Waals surface area contributed by atoms with Crippen LogP contribution in [0.5, 0.6) is 0 Å². The smallest absolute Gasteiger partial charge is 0.106 e. The van der Waals surface area contributed by atoms with Gasteiger partial charge in [0.1, 0.15) is 4.60 Å². The van der Waals surface area contributed by atoms with E-state index in [-0.39, 0.29) is 0 Å². The molecule has 0 bridgehead atoms. The van der Waals surface area contributed by atoms with Gasteiger partial charge in [-0.3, -0.25) is 0 Å². The number of hydrogen-bond acceptors (Lipinski definition) is 2. The number of rotatable bonds is 5. The van der Waals surface area contributed by atoms with Crippen molar-refractivity contribution in [1.29, 1.82) is 0 Å². The summed E-state index contributed by atoms with van der Waals surface area (Å²) in [5.74, 6) is 0. The molecule has 0 aliphatic rings. The van der Waals surface area contributed by atoms with Crippen LogP contribution in [0.3, 0.4) is 0 Å². The Labute approximate surface area is 117 Å². The highest BCUT2D eigenvalue weighted by Gasteiger charge is 1.98. The summed E-state index contributed by atoms with van der Waals surface area (Å²) in [5.41, 5.74) is 3.83. The van der Waals surface area contributed by atoms with E-state index in [0.29, 0.717) is 0 Å². The highest BCUT2D eigenvalue weighted by Crippen LogP contribution is 2.08. The van der Waals surface area contributed by atoms with Gasteiger partial charge in [0.25, 0.3) is 0 Å². The SMILES string of the molecule is Cc1ccccc1CCNCc1cccc(Br)n1. The Morgan fingerprint density at radius 3 is 2.72 bits per heavy atom. The van der Waals surface area contributed by atoms with Gasteiger partial charge in [0.15, 0.2) is 0 Å². The molecule has 1 aromatic heterocycles. The summed E-state index contributed by atoms with van der Waals surface area (Å²) >= 11 is 3.38. The second kappa shape index (κ2) is 6.66. The van der Waals surface area contributed by atoms with Gasteiger partial charge in [0.05, 0.1) is 5.69 Å². The zero-order chi connectivity index (χ0) is 12.8. The topological polar surface area (TPSA) is 24.9 Å². The molecule has 0 unspecified atom stereocenters. The van der Waals surface area contributed by atoms with Crippen LogP contribution >= 0.6 is 15.9 Å². The van der Waals surface area contributed by atoms with Crippen LogP contribution in [0, 0.1) is 6.92 Å². The number of halogens is 1. The summed E-state index contributed by atoms with van der Waals surface area (Å²) < 4.78 is 0.890. The lowest BCUT2D eigenvalue weighted by molar-refractivity contribution is 0.672. The highest BCUT2D eigenvalue weighted by atomic mass is 79.9. The highest BCUT2D eigenvalue weighted by molar-refractivity contribution is 9.10. The standard InChI is InChI=1S/C15H17BrN2/c1-12-5-2-3-6-13(12)9-10-17-11-14-7-4-8-15(16)18-14/h2-8,17H,9-11H2,1H3. The lowest BCUT2D eigenvalue weighted by Gasteiger charge is -2.07. The molecule has 3 heteroatoms. The minimum atomic E-state index is 0.811. The van der Waals surface area contributed by atoms with Crippen LogP contribution in [0.2, 0.25) is 0 Å². The van der Waals surface area contributed by atoms with E-state index in [2.05, 4.69) is 57.4 Å². The molecule has 2 nitrogen and oxygen atoms in total. The van der Waals surface area contributed by atoms with Gasteiger partial charge >= 0.3 is 0 Å². The number of nitrogens with zero attached hydrogens (tertiary/aromatic N) is 1. The van der Waals surface area contributed by atoms with Gasteiger partial charge in [-0.15, -0.1) is 0 Å². The van der Waals surface area contributed by atoms with E-state index in [1.807, 2.05) is 18.2 Å². The van der Waals surface area contributed by atoms with Gasteiger partial charge in [0, 0.05) is 6.54 Å². The van der Waals surface area contributed by atoms with Gasteiger partial charge in [-0.2, -0.15) is 0 Å². The average molecular weight is 305 g/mol. The summed E-state index contributed by atoms with van der Waals surface area (Å²) in [4.78, 5) is 4.39. The van der Waals surface area contributed by atoms with Crippen LogP contribution in [0.15, 0.2) is 47.1 Å². The minimum absolute atomic E-state index is 0.811. The van der Waals surface area contributed by atoms with Crippen molar-refractivity contribution >= 4 is 15.9 Å². The normalized spacial score (nSPS) is 10.6. The Balaban J connectivity index is 1.78. The maximum Gasteiger partial charge on any atom is 0.106 e. The Morgan fingerprint density at radius 1 is 1.11 bits per heavy atom. The van der Waals surface area contributed by atoms with Crippen LogP contribution in [0.1, 0.15) is 16.8 Å². The third-order valence-electron chi connectivity index (χ3n) is 2.91. The maximum atomic E-state index is 4.39. The van der Waals surface area contributed by atoms with E-state index >= 15 is 0 Å². The molecule has 0 aliphatic heterocycles. The number of benzene rings is 1. The minimum Gasteiger partial charge on any atom is -0.311 e. The van der Waals surface area contributed by atoms with Gasteiger partial charge in [0.2, 0.25) is 0 Å². The first-order valence-corrected chi connectivity index (χ1v) is 6.91. The quantitative estimate of drug-likeness (QED) is 0.676. The van der Waals surface area contributed by atoms with Crippen molar-refractivity contribution in [2.24, 2.45) is 0 Å². The summed E-state index contributed by atoms with van der Waals surface area (Å²) in [6.45, 7) is 3.94. The molecule has 0 fully saturated rings. The first-order valence-electron chi connectivity index (χ1n) is 6.12. The molecule has 0 aliphatic carbocycles. The summed E-state index contributed by atoms with van der Waals surface area (Å²) in [6, 6.07) is 14.5. The van der Waals surface area contributed by atoms with Gasteiger partial charge in [-0.05, 0) is 59.1 Å². The van der Waals surface area contributed by atoms with Gasteiger partial charge in [-0.25, -0.2) is 4.98 Å². The van der Waals surface area contributed by atoms with E-state index in [1.165, 1.54) is 11.1 Å². The molecular weight excluding hydrogens is 288 g/mol. The number of aryl methyl sites for hydroxylation is 1. The molecule has 1 aromatic carbocycles. The Hall–Kier alpha value is -1.19. The predicted octanol–water partition coefficient (Wildman–Crippen LogP) is 3.48. The van der Waals surface area contributed by atoms with Crippen molar-refractivity contribution in [3.63, 3.8) is 0 Å². The van der Waals surface area contributed by atoms with E-state index in [9.17, 15) is 0 Å². The van der Waals surface area contributed by atoms with Crippen LogP contribution in [0.25, 0.3) is 0 Å². The first-order chi connectivity index (χ1) is 8.75. The van der Waals surface area contributed by atoms with E-state index in [4.69, 9.17) is 0 Å². The third-order valence-corrected chi connectivity index (χ3v) is 3.35. The Kier molecular flexibility index (Phi) is 4.90. The molecule has 2 rings (SSSR count).